The third kappa shape index (κ3) is 3.49. The lowest BCUT2D eigenvalue weighted by molar-refractivity contribution is 0.0697. The van der Waals surface area contributed by atoms with E-state index in [2.05, 4.69) is 54.7 Å². The van der Waals surface area contributed by atoms with Crippen LogP contribution in [0.15, 0.2) is 66.7 Å². The lowest BCUT2D eigenvalue weighted by Gasteiger charge is -2.44. The van der Waals surface area contributed by atoms with Crippen LogP contribution in [-0.2, 0) is 6.61 Å². The summed E-state index contributed by atoms with van der Waals surface area (Å²) in [6, 6.07) is 22.7. The van der Waals surface area contributed by atoms with Gasteiger partial charge in [-0.3, -0.25) is 0 Å². The second-order valence-corrected chi connectivity index (χ2v) is 9.98. The van der Waals surface area contributed by atoms with Crippen molar-refractivity contribution in [3.8, 4) is 5.75 Å². The Labute approximate surface area is 194 Å². The summed E-state index contributed by atoms with van der Waals surface area (Å²) in [7, 11) is 0. The molecule has 2 N–H and O–H groups in total. The maximum Gasteiger partial charge on any atom is 0.337 e. The second-order valence-electron chi connectivity index (χ2n) is 9.98. The first-order chi connectivity index (χ1) is 16.1. The fourth-order valence-corrected chi connectivity index (χ4v) is 6.64. The van der Waals surface area contributed by atoms with Gasteiger partial charge in [-0.2, -0.15) is 0 Å². The highest BCUT2D eigenvalue weighted by atomic mass is 16.5. The largest absolute Gasteiger partial charge is 0.489 e. The Hall–Kier alpha value is -3.27. The minimum atomic E-state index is -0.862. The van der Waals surface area contributed by atoms with Crippen molar-refractivity contribution in [2.24, 2.45) is 17.8 Å². The Morgan fingerprint density at radius 2 is 1.76 bits per heavy atom. The molecule has 4 heteroatoms. The highest BCUT2D eigenvalue weighted by Gasteiger charge is 2.54. The first-order valence-corrected chi connectivity index (χ1v) is 12.0. The predicted molar refractivity (Wildman–Crippen MR) is 129 cm³/mol. The predicted octanol–water partition coefficient (Wildman–Crippen LogP) is 6.57. The normalized spacial score (nSPS) is 26.9. The van der Waals surface area contributed by atoms with Gasteiger partial charge in [0.15, 0.2) is 0 Å². The maximum atomic E-state index is 12.0. The van der Waals surface area contributed by atoms with E-state index in [0.717, 1.165) is 17.0 Å². The molecule has 3 aliphatic rings. The van der Waals surface area contributed by atoms with Gasteiger partial charge in [0.05, 0.1) is 17.3 Å². The van der Waals surface area contributed by atoms with Crippen LogP contribution in [0.4, 0.5) is 5.69 Å². The van der Waals surface area contributed by atoms with Crippen molar-refractivity contribution in [3.05, 3.63) is 94.5 Å². The first-order valence-electron chi connectivity index (χ1n) is 12.0. The summed E-state index contributed by atoms with van der Waals surface area (Å²) in [5, 5.41) is 13.5. The summed E-state index contributed by atoms with van der Waals surface area (Å²) in [5.41, 5.74) is 6.03. The van der Waals surface area contributed by atoms with Crippen LogP contribution in [0.5, 0.6) is 5.75 Å². The molecule has 0 saturated heterocycles. The highest BCUT2D eigenvalue weighted by Crippen LogP contribution is 2.64. The number of carboxylic acid groups (broad SMARTS) is 1. The van der Waals surface area contributed by atoms with Crippen LogP contribution in [0.2, 0.25) is 0 Å². The molecule has 1 heterocycles. The first kappa shape index (κ1) is 20.3. The third-order valence-corrected chi connectivity index (χ3v) is 8.12. The summed E-state index contributed by atoms with van der Waals surface area (Å²) in [6.07, 6.45) is 3.82. The van der Waals surface area contributed by atoms with E-state index in [1.807, 2.05) is 18.2 Å². The molecule has 2 bridgehead atoms. The lowest BCUT2D eigenvalue weighted by Crippen LogP contribution is -2.36. The number of anilines is 1. The number of hydrogen-bond acceptors (Lipinski definition) is 3. The quantitative estimate of drug-likeness (QED) is 0.472. The molecule has 0 spiro atoms. The molecule has 0 amide bonds. The zero-order valence-corrected chi connectivity index (χ0v) is 18.8. The molecule has 2 aliphatic carbocycles. The van der Waals surface area contributed by atoms with E-state index < -0.39 is 5.97 Å². The van der Waals surface area contributed by atoms with E-state index in [1.54, 1.807) is 6.07 Å². The van der Waals surface area contributed by atoms with E-state index in [-0.39, 0.29) is 6.04 Å². The van der Waals surface area contributed by atoms with Gasteiger partial charge >= 0.3 is 5.97 Å². The van der Waals surface area contributed by atoms with Gasteiger partial charge in [-0.15, -0.1) is 0 Å². The number of hydrogen-bond donors (Lipinski definition) is 2. The molecule has 33 heavy (non-hydrogen) atoms. The Morgan fingerprint density at radius 1 is 1.00 bits per heavy atom. The van der Waals surface area contributed by atoms with Crippen LogP contribution in [0.3, 0.4) is 0 Å². The Kier molecular flexibility index (Phi) is 4.90. The molecule has 5 atom stereocenters. The number of carbonyl (C=O) groups is 1. The summed E-state index contributed by atoms with van der Waals surface area (Å²) < 4.78 is 6.02. The molecule has 168 valence electrons. The number of aromatic carboxylic acids is 1. The third-order valence-electron chi connectivity index (χ3n) is 8.12. The highest BCUT2D eigenvalue weighted by molar-refractivity contribution is 5.95. The molecule has 0 unspecified atom stereocenters. The van der Waals surface area contributed by atoms with Crippen molar-refractivity contribution in [2.75, 3.05) is 5.32 Å². The average Bonchev–Trinajstić information content (AvgIpc) is 3.46. The summed E-state index contributed by atoms with van der Waals surface area (Å²) in [5.74, 6) is 2.33. The number of benzene rings is 3. The number of carboxylic acids is 1. The number of para-hydroxylation sites is 1. The van der Waals surface area contributed by atoms with E-state index in [9.17, 15) is 9.90 Å². The van der Waals surface area contributed by atoms with Crippen LogP contribution in [0, 0.1) is 24.7 Å². The molecule has 0 aromatic heterocycles. The fourth-order valence-electron chi connectivity index (χ4n) is 6.64. The van der Waals surface area contributed by atoms with Crippen LogP contribution < -0.4 is 10.1 Å². The smallest absolute Gasteiger partial charge is 0.337 e. The number of rotatable bonds is 5. The van der Waals surface area contributed by atoms with Crippen molar-refractivity contribution >= 4 is 11.7 Å². The van der Waals surface area contributed by atoms with Gasteiger partial charge < -0.3 is 15.2 Å². The zero-order chi connectivity index (χ0) is 22.5. The van der Waals surface area contributed by atoms with Gasteiger partial charge in [0, 0.05) is 0 Å². The van der Waals surface area contributed by atoms with Crippen molar-refractivity contribution in [1.29, 1.82) is 0 Å². The zero-order valence-electron chi connectivity index (χ0n) is 18.8. The number of ether oxygens (including phenoxy) is 1. The standard InChI is InChI=1S/C29H29NO3/c1-17-5-7-18(8-6-17)16-33-22-13-11-19(12-14-22)27-26-21-10-9-20(15-21)25(26)23-3-2-4-24(29(31)32)28(23)30-27/h2-8,11-14,20-21,25-27,30H,9-10,15-16H2,1H3,(H,31,32)/t20-,21-,25-,26-,27-/m0/s1. The molecule has 2 saturated carbocycles. The summed E-state index contributed by atoms with van der Waals surface area (Å²) in [6.45, 7) is 2.63. The molecule has 0 radical (unpaired) electrons. The molecule has 3 aromatic rings. The second kappa shape index (κ2) is 7.95. The molecule has 1 aliphatic heterocycles. The Bertz CT molecular complexity index is 1180. The van der Waals surface area contributed by atoms with Crippen molar-refractivity contribution in [2.45, 2.75) is 44.8 Å². The number of nitrogens with one attached hydrogen (secondary N) is 1. The van der Waals surface area contributed by atoms with Crippen molar-refractivity contribution < 1.29 is 14.6 Å². The van der Waals surface area contributed by atoms with Gasteiger partial charge in [0.25, 0.3) is 0 Å². The average molecular weight is 440 g/mol. The van der Waals surface area contributed by atoms with Gasteiger partial charge in [-0.1, -0.05) is 54.1 Å². The van der Waals surface area contributed by atoms with Crippen molar-refractivity contribution in [3.63, 3.8) is 0 Å². The van der Waals surface area contributed by atoms with Crippen LogP contribution in [0.1, 0.15) is 63.8 Å². The van der Waals surface area contributed by atoms with E-state index >= 15 is 0 Å². The Balaban J connectivity index is 1.28. The van der Waals surface area contributed by atoms with Crippen LogP contribution in [0.25, 0.3) is 0 Å². The SMILES string of the molecule is Cc1ccc(COc2ccc([C@@H]3Nc4c(C(=O)O)cccc4[C@@H]4[C@H]5CC[C@@H](C5)[C@@H]43)cc2)cc1. The molecule has 3 aromatic carbocycles. The van der Waals surface area contributed by atoms with Gasteiger partial charge in [-0.25, -0.2) is 4.79 Å². The monoisotopic (exact) mass is 439 g/mol. The van der Waals surface area contributed by atoms with Gasteiger partial charge in [0.1, 0.15) is 12.4 Å². The number of aryl methyl sites for hydroxylation is 1. The summed E-state index contributed by atoms with van der Waals surface area (Å²) >= 11 is 0. The fraction of sp³-hybridized carbons (Fsp3) is 0.345. The maximum absolute atomic E-state index is 12.0. The minimum Gasteiger partial charge on any atom is -0.489 e. The summed E-state index contributed by atoms with van der Waals surface area (Å²) in [4.78, 5) is 12.0. The van der Waals surface area contributed by atoms with E-state index in [4.69, 9.17) is 4.74 Å². The molecule has 2 fully saturated rings. The topological polar surface area (TPSA) is 58.6 Å². The molecular weight excluding hydrogens is 410 g/mol. The molecule has 6 rings (SSSR count). The van der Waals surface area contributed by atoms with E-state index in [0.29, 0.717) is 35.8 Å². The lowest BCUT2D eigenvalue weighted by atomic mass is 9.67. The number of fused-ring (bicyclic) bond motifs is 7. The van der Waals surface area contributed by atoms with E-state index in [1.165, 1.54) is 36.0 Å². The molecule has 4 nitrogen and oxygen atoms in total. The van der Waals surface area contributed by atoms with Gasteiger partial charge in [0.2, 0.25) is 0 Å². The van der Waals surface area contributed by atoms with Crippen LogP contribution >= 0.6 is 0 Å². The minimum absolute atomic E-state index is 0.129. The van der Waals surface area contributed by atoms with Crippen LogP contribution in [-0.4, -0.2) is 11.1 Å². The Morgan fingerprint density at radius 3 is 2.52 bits per heavy atom. The van der Waals surface area contributed by atoms with Crippen molar-refractivity contribution in [1.82, 2.24) is 0 Å². The van der Waals surface area contributed by atoms with Gasteiger partial charge in [-0.05, 0) is 84.7 Å². The molecular formula is C29H29NO3.